The summed E-state index contributed by atoms with van der Waals surface area (Å²) in [6.45, 7) is 1.81. The van der Waals surface area contributed by atoms with Gasteiger partial charge >= 0.3 is 11.7 Å². The number of benzene rings is 2. The van der Waals surface area contributed by atoms with Crippen LogP contribution in [0.5, 0.6) is 0 Å². The van der Waals surface area contributed by atoms with Crippen molar-refractivity contribution in [2.24, 2.45) is 14.1 Å². The Morgan fingerprint density at radius 2 is 1.71 bits per heavy atom. The summed E-state index contributed by atoms with van der Waals surface area (Å²) in [5.41, 5.74) is 2.77. The van der Waals surface area contributed by atoms with Gasteiger partial charge in [0.15, 0.2) is 0 Å². The van der Waals surface area contributed by atoms with E-state index in [1.165, 1.54) is 15.2 Å². The van der Waals surface area contributed by atoms with Gasteiger partial charge < -0.3 is 10.6 Å². The quantitative estimate of drug-likeness (QED) is 0.759. The maximum atomic E-state index is 13.7. The lowest BCUT2D eigenvalue weighted by Crippen LogP contribution is -2.20. The van der Waals surface area contributed by atoms with Crippen LogP contribution in [-0.2, 0) is 14.1 Å². The van der Waals surface area contributed by atoms with Crippen LogP contribution in [0, 0.1) is 12.7 Å². The summed E-state index contributed by atoms with van der Waals surface area (Å²) in [5.74, 6) is -0.503. The van der Waals surface area contributed by atoms with E-state index in [0.29, 0.717) is 11.2 Å². The third-order valence-electron chi connectivity index (χ3n) is 3.90. The number of urea groups is 1. The third-order valence-corrected chi connectivity index (χ3v) is 3.90. The molecular weight excluding hydrogens is 311 g/mol. The van der Waals surface area contributed by atoms with Crippen LogP contribution < -0.4 is 16.3 Å². The Morgan fingerprint density at radius 3 is 2.46 bits per heavy atom. The number of hydrogen-bond acceptors (Lipinski definition) is 2. The lowest BCUT2D eigenvalue weighted by atomic mass is 10.2. The third kappa shape index (κ3) is 2.76. The second-order valence-electron chi connectivity index (χ2n) is 5.67. The highest BCUT2D eigenvalue weighted by atomic mass is 19.1. The molecule has 0 aliphatic carbocycles. The zero-order valence-corrected chi connectivity index (χ0v) is 13.6. The van der Waals surface area contributed by atoms with Crippen LogP contribution in [0.25, 0.3) is 11.0 Å². The fourth-order valence-corrected chi connectivity index (χ4v) is 2.60. The maximum absolute atomic E-state index is 13.7. The van der Waals surface area contributed by atoms with Crippen molar-refractivity contribution in [3.05, 3.63) is 58.3 Å². The van der Waals surface area contributed by atoms with Crippen molar-refractivity contribution >= 4 is 28.4 Å². The van der Waals surface area contributed by atoms with Crippen LogP contribution in [0.15, 0.2) is 41.2 Å². The minimum absolute atomic E-state index is 0.112. The number of aryl methyl sites for hydroxylation is 3. The first kappa shape index (κ1) is 15.8. The van der Waals surface area contributed by atoms with Gasteiger partial charge in [0.2, 0.25) is 0 Å². The van der Waals surface area contributed by atoms with Crippen molar-refractivity contribution in [2.75, 3.05) is 10.6 Å². The van der Waals surface area contributed by atoms with Gasteiger partial charge in [-0.05, 0) is 42.8 Å². The first-order valence-corrected chi connectivity index (χ1v) is 7.36. The van der Waals surface area contributed by atoms with Gasteiger partial charge in [0, 0.05) is 19.8 Å². The Balaban J connectivity index is 1.84. The Bertz CT molecular complexity index is 1000. The average Bonchev–Trinajstić information content (AvgIpc) is 2.75. The second-order valence-corrected chi connectivity index (χ2v) is 5.67. The Hall–Kier alpha value is -3.09. The van der Waals surface area contributed by atoms with E-state index in [1.54, 1.807) is 44.4 Å². The van der Waals surface area contributed by atoms with Gasteiger partial charge in [-0.2, -0.15) is 0 Å². The van der Waals surface area contributed by atoms with E-state index in [0.717, 1.165) is 11.1 Å². The molecule has 6 nitrogen and oxygen atoms in total. The molecule has 0 unspecified atom stereocenters. The second kappa shape index (κ2) is 5.84. The average molecular weight is 328 g/mol. The van der Waals surface area contributed by atoms with Crippen molar-refractivity contribution in [2.45, 2.75) is 6.92 Å². The van der Waals surface area contributed by atoms with Crippen molar-refractivity contribution in [3.63, 3.8) is 0 Å². The number of anilines is 2. The molecule has 0 spiro atoms. The molecule has 0 atom stereocenters. The highest BCUT2D eigenvalue weighted by molar-refractivity contribution is 6.00. The highest BCUT2D eigenvalue weighted by Gasteiger charge is 2.11. The summed E-state index contributed by atoms with van der Waals surface area (Å²) in [7, 11) is 3.35. The predicted octanol–water partition coefficient (Wildman–Crippen LogP) is 2.97. The van der Waals surface area contributed by atoms with E-state index in [4.69, 9.17) is 0 Å². The molecule has 3 aromatic rings. The number of carbonyl (C=O) groups excluding carboxylic acids is 1. The number of fused-ring (bicyclic) bond motifs is 1. The largest absolute Gasteiger partial charge is 0.328 e. The maximum Gasteiger partial charge on any atom is 0.328 e. The van der Waals surface area contributed by atoms with E-state index in [-0.39, 0.29) is 11.4 Å². The molecule has 2 N–H and O–H groups in total. The number of aromatic nitrogens is 2. The van der Waals surface area contributed by atoms with Crippen LogP contribution in [0.4, 0.5) is 20.6 Å². The molecule has 2 aromatic carbocycles. The summed E-state index contributed by atoms with van der Waals surface area (Å²) in [6.07, 6.45) is 0. The summed E-state index contributed by atoms with van der Waals surface area (Å²) in [4.78, 5) is 24.0. The van der Waals surface area contributed by atoms with Crippen LogP contribution in [0.3, 0.4) is 0 Å². The van der Waals surface area contributed by atoms with Gasteiger partial charge in [-0.25, -0.2) is 14.0 Å². The summed E-state index contributed by atoms with van der Waals surface area (Å²) in [6, 6.07) is 9.06. The molecule has 0 saturated heterocycles. The number of carbonyl (C=O) groups is 1. The monoisotopic (exact) mass is 328 g/mol. The van der Waals surface area contributed by atoms with Gasteiger partial charge in [0.05, 0.1) is 16.7 Å². The van der Waals surface area contributed by atoms with Crippen molar-refractivity contribution in [1.29, 1.82) is 0 Å². The zero-order valence-electron chi connectivity index (χ0n) is 13.6. The van der Waals surface area contributed by atoms with E-state index < -0.39 is 11.8 Å². The molecule has 3 rings (SSSR count). The number of halogens is 1. The minimum Gasteiger partial charge on any atom is -0.308 e. The molecule has 0 aliphatic heterocycles. The van der Waals surface area contributed by atoms with E-state index >= 15 is 0 Å². The topological polar surface area (TPSA) is 68.1 Å². The molecule has 0 aliphatic rings. The van der Waals surface area contributed by atoms with Crippen molar-refractivity contribution in [3.8, 4) is 0 Å². The molecule has 2 amide bonds. The van der Waals surface area contributed by atoms with E-state index in [1.807, 2.05) is 6.92 Å². The van der Waals surface area contributed by atoms with Crippen LogP contribution >= 0.6 is 0 Å². The minimum atomic E-state index is -0.556. The number of nitrogens with one attached hydrogen (secondary N) is 2. The molecule has 7 heteroatoms. The van der Waals surface area contributed by atoms with Gasteiger partial charge in [-0.3, -0.25) is 9.13 Å². The van der Waals surface area contributed by atoms with Gasteiger partial charge in [-0.1, -0.05) is 6.07 Å². The first-order chi connectivity index (χ1) is 11.4. The number of nitrogens with zero attached hydrogens (tertiary/aromatic N) is 2. The Labute approximate surface area is 137 Å². The fourth-order valence-electron chi connectivity index (χ4n) is 2.60. The molecule has 0 bridgehead atoms. The molecular formula is C17H17FN4O2. The standard InChI is InChI=1S/C17H17FN4O2/c1-10-4-6-12(18)13(8-10)20-16(23)19-11-5-7-14-15(9-11)22(3)17(24)21(14)2/h4-9H,1-3H3,(H2,19,20,23). The molecule has 124 valence electrons. The number of rotatable bonds is 2. The van der Waals surface area contributed by atoms with E-state index in [9.17, 15) is 14.0 Å². The van der Waals surface area contributed by atoms with Crippen molar-refractivity contribution < 1.29 is 9.18 Å². The van der Waals surface area contributed by atoms with Crippen LogP contribution in [0.2, 0.25) is 0 Å². The summed E-state index contributed by atoms with van der Waals surface area (Å²) < 4.78 is 16.7. The Morgan fingerprint density at radius 1 is 1.00 bits per heavy atom. The zero-order chi connectivity index (χ0) is 17.4. The van der Waals surface area contributed by atoms with Gasteiger partial charge in [0.1, 0.15) is 5.82 Å². The van der Waals surface area contributed by atoms with Gasteiger partial charge in [-0.15, -0.1) is 0 Å². The van der Waals surface area contributed by atoms with E-state index in [2.05, 4.69) is 10.6 Å². The molecule has 0 radical (unpaired) electrons. The van der Waals surface area contributed by atoms with Crippen LogP contribution in [0.1, 0.15) is 5.56 Å². The van der Waals surface area contributed by atoms with Gasteiger partial charge in [0.25, 0.3) is 0 Å². The molecule has 0 fully saturated rings. The number of imidazole rings is 1. The fraction of sp³-hybridized carbons (Fsp3) is 0.176. The Kier molecular flexibility index (Phi) is 3.84. The SMILES string of the molecule is Cc1ccc(F)c(NC(=O)Nc2ccc3c(c2)n(C)c(=O)n3C)c1. The molecule has 0 saturated carbocycles. The molecule has 24 heavy (non-hydrogen) atoms. The normalized spacial score (nSPS) is 10.8. The first-order valence-electron chi connectivity index (χ1n) is 7.36. The lowest BCUT2D eigenvalue weighted by molar-refractivity contribution is 0.262. The smallest absolute Gasteiger partial charge is 0.308 e. The number of hydrogen-bond donors (Lipinski definition) is 2. The molecule has 1 aromatic heterocycles. The summed E-state index contributed by atoms with van der Waals surface area (Å²) in [5, 5.41) is 5.12. The lowest BCUT2D eigenvalue weighted by Gasteiger charge is -2.09. The predicted molar refractivity (Wildman–Crippen MR) is 91.9 cm³/mol. The summed E-state index contributed by atoms with van der Waals surface area (Å²) >= 11 is 0. The van der Waals surface area contributed by atoms with Crippen molar-refractivity contribution in [1.82, 2.24) is 9.13 Å². The number of amides is 2. The van der Waals surface area contributed by atoms with Crippen LogP contribution in [-0.4, -0.2) is 15.2 Å². The molecule has 1 heterocycles. The highest BCUT2D eigenvalue weighted by Crippen LogP contribution is 2.19.